The van der Waals surface area contributed by atoms with E-state index in [4.69, 9.17) is 11.1 Å². The summed E-state index contributed by atoms with van der Waals surface area (Å²) in [7, 11) is 1.31. The van der Waals surface area contributed by atoms with Crippen molar-refractivity contribution in [2.24, 2.45) is 0 Å². The van der Waals surface area contributed by atoms with E-state index in [0.717, 1.165) is 6.21 Å². The highest BCUT2D eigenvalue weighted by molar-refractivity contribution is 9.10. The molecule has 0 radical (unpaired) electrons. The number of methoxy groups -OCH3 is 1. The van der Waals surface area contributed by atoms with Crippen LogP contribution < -0.4 is 11.1 Å². The Bertz CT molecular complexity index is 782. The highest BCUT2D eigenvalue weighted by atomic mass is 79.9. The Balaban J connectivity index is 2.27. The zero-order valence-electron chi connectivity index (χ0n) is 12.9. The molecule has 2 aromatic carbocycles. The first-order chi connectivity index (χ1) is 11.5. The van der Waals surface area contributed by atoms with Crippen molar-refractivity contribution in [2.45, 2.75) is 6.42 Å². The number of nitrogen functional groups attached to an aromatic ring is 1. The number of carbonyl (C=O) groups excluding carboxylic acids is 2. The van der Waals surface area contributed by atoms with Crippen LogP contribution in [0.5, 0.6) is 0 Å². The van der Waals surface area contributed by atoms with Gasteiger partial charge in [0.15, 0.2) is 0 Å². The minimum atomic E-state index is -0.390. The summed E-state index contributed by atoms with van der Waals surface area (Å²) in [6.45, 7) is 0. The van der Waals surface area contributed by atoms with Gasteiger partial charge in [-0.1, -0.05) is 34.1 Å². The summed E-state index contributed by atoms with van der Waals surface area (Å²) in [5.41, 5.74) is 8.22. The van der Waals surface area contributed by atoms with Crippen molar-refractivity contribution < 1.29 is 14.3 Å². The highest BCUT2D eigenvalue weighted by Gasteiger charge is 2.14. The van der Waals surface area contributed by atoms with Crippen LogP contribution in [0.4, 0.5) is 11.4 Å². The largest absolute Gasteiger partial charge is 0.469 e. The minimum Gasteiger partial charge on any atom is -0.469 e. The molecule has 0 saturated carbocycles. The summed E-state index contributed by atoms with van der Waals surface area (Å²) >= 11 is 3.30. The van der Waals surface area contributed by atoms with E-state index in [1.165, 1.54) is 13.2 Å². The number of hydrogen-bond acceptors (Lipinski definition) is 5. The molecule has 6 nitrogen and oxygen atoms in total. The second-order valence-electron chi connectivity index (χ2n) is 4.97. The number of esters is 1. The molecule has 0 aliphatic carbocycles. The number of ether oxygens (including phenoxy) is 1. The van der Waals surface area contributed by atoms with Crippen molar-refractivity contribution in [1.29, 1.82) is 5.41 Å². The molecular formula is C17H16BrN3O3. The molecule has 7 heteroatoms. The van der Waals surface area contributed by atoms with E-state index in [1.54, 1.807) is 30.3 Å². The number of nitrogens with two attached hydrogens (primary N) is 1. The quantitative estimate of drug-likeness (QED) is 0.415. The number of hydrogen-bond donors (Lipinski definition) is 3. The van der Waals surface area contributed by atoms with Gasteiger partial charge in [0.2, 0.25) is 0 Å². The molecule has 0 heterocycles. The van der Waals surface area contributed by atoms with E-state index in [2.05, 4.69) is 26.0 Å². The molecule has 0 unspecified atom stereocenters. The Hall–Kier alpha value is -2.67. The predicted octanol–water partition coefficient (Wildman–Crippen LogP) is 3.00. The van der Waals surface area contributed by atoms with Gasteiger partial charge in [-0.15, -0.1) is 0 Å². The van der Waals surface area contributed by atoms with Gasteiger partial charge in [0.1, 0.15) is 0 Å². The van der Waals surface area contributed by atoms with E-state index < -0.39 is 0 Å². The topological polar surface area (TPSA) is 105 Å². The SMILES string of the molecule is COC(=O)Cc1ccccc1NC(=O)c1cc(N)c(C=N)c(Br)c1. The van der Waals surface area contributed by atoms with Gasteiger partial charge >= 0.3 is 5.97 Å². The van der Waals surface area contributed by atoms with Gasteiger partial charge in [0, 0.05) is 33.2 Å². The van der Waals surface area contributed by atoms with Crippen molar-refractivity contribution in [3.05, 3.63) is 57.6 Å². The number of amides is 1. The normalized spacial score (nSPS) is 10.1. The molecule has 24 heavy (non-hydrogen) atoms. The van der Waals surface area contributed by atoms with Crippen molar-refractivity contribution in [3.8, 4) is 0 Å². The molecule has 0 fully saturated rings. The Morgan fingerprint density at radius 1 is 1.33 bits per heavy atom. The first-order valence-electron chi connectivity index (χ1n) is 7.01. The standard InChI is InChI=1S/C17H16BrN3O3/c1-24-16(22)8-10-4-2-3-5-15(10)21-17(23)11-6-13(18)12(9-19)14(20)7-11/h2-7,9,19H,8,20H2,1H3,(H,21,23). The van der Waals surface area contributed by atoms with Crippen molar-refractivity contribution >= 4 is 45.4 Å². The Morgan fingerprint density at radius 3 is 2.67 bits per heavy atom. The maximum Gasteiger partial charge on any atom is 0.310 e. The number of benzene rings is 2. The van der Waals surface area contributed by atoms with E-state index in [1.807, 2.05) is 0 Å². The minimum absolute atomic E-state index is 0.0610. The van der Waals surface area contributed by atoms with Crippen LogP contribution in [0.15, 0.2) is 40.9 Å². The van der Waals surface area contributed by atoms with Crippen LogP contribution in [0.3, 0.4) is 0 Å². The Labute approximate surface area is 147 Å². The maximum absolute atomic E-state index is 12.5. The van der Waals surface area contributed by atoms with Crippen LogP contribution in [0.1, 0.15) is 21.5 Å². The molecule has 0 saturated heterocycles. The Morgan fingerprint density at radius 2 is 2.04 bits per heavy atom. The third-order valence-corrected chi connectivity index (χ3v) is 4.05. The van der Waals surface area contributed by atoms with Crippen LogP contribution in [0.25, 0.3) is 0 Å². The van der Waals surface area contributed by atoms with Gasteiger partial charge < -0.3 is 21.2 Å². The molecule has 0 bridgehead atoms. The van der Waals surface area contributed by atoms with Crippen LogP contribution in [0, 0.1) is 5.41 Å². The summed E-state index contributed by atoms with van der Waals surface area (Å²) in [5.74, 6) is -0.754. The lowest BCUT2D eigenvalue weighted by molar-refractivity contribution is -0.139. The maximum atomic E-state index is 12.5. The summed E-state index contributed by atoms with van der Waals surface area (Å²) in [4.78, 5) is 23.9. The van der Waals surface area contributed by atoms with Crippen LogP contribution in [0.2, 0.25) is 0 Å². The van der Waals surface area contributed by atoms with E-state index in [9.17, 15) is 9.59 Å². The molecule has 0 aliphatic heterocycles. The van der Waals surface area contributed by atoms with Crippen LogP contribution in [-0.4, -0.2) is 25.2 Å². The molecule has 124 valence electrons. The molecule has 0 spiro atoms. The van der Waals surface area contributed by atoms with Crippen molar-refractivity contribution in [3.63, 3.8) is 0 Å². The second kappa shape index (κ2) is 7.74. The molecule has 0 aliphatic rings. The first kappa shape index (κ1) is 17.7. The van der Waals surface area contributed by atoms with Crippen LogP contribution >= 0.6 is 15.9 Å². The molecule has 0 atom stereocenters. The van der Waals surface area contributed by atoms with Gasteiger partial charge in [0.25, 0.3) is 5.91 Å². The van der Waals surface area contributed by atoms with Gasteiger partial charge in [0.05, 0.1) is 13.5 Å². The fourth-order valence-corrected chi connectivity index (χ4v) is 2.73. The van der Waals surface area contributed by atoms with Gasteiger partial charge in [-0.3, -0.25) is 9.59 Å². The first-order valence-corrected chi connectivity index (χ1v) is 7.81. The fourth-order valence-electron chi connectivity index (χ4n) is 2.14. The van der Waals surface area contributed by atoms with E-state index in [0.29, 0.717) is 32.5 Å². The number of rotatable bonds is 5. The summed E-state index contributed by atoms with van der Waals surface area (Å²) in [6.07, 6.45) is 1.18. The van der Waals surface area contributed by atoms with Crippen molar-refractivity contribution in [1.82, 2.24) is 0 Å². The average molecular weight is 390 g/mol. The predicted molar refractivity (Wildman–Crippen MR) is 96.6 cm³/mol. The third-order valence-electron chi connectivity index (χ3n) is 3.40. The number of halogens is 1. The highest BCUT2D eigenvalue weighted by Crippen LogP contribution is 2.24. The third kappa shape index (κ3) is 3.99. The monoisotopic (exact) mass is 389 g/mol. The van der Waals surface area contributed by atoms with Gasteiger partial charge in [-0.25, -0.2) is 0 Å². The summed E-state index contributed by atoms with van der Waals surface area (Å²) in [5, 5.41) is 10.1. The van der Waals surface area contributed by atoms with Gasteiger partial charge in [-0.2, -0.15) is 0 Å². The molecule has 2 aromatic rings. The van der Waals surface area contributed by atoms with Crippen LogP contribution in [-0.2, 0) is 16.0 Å². The number of anilines is 2. The number of carbonyl (C=O) groups is 2. The summed E-state index contributed by atoms with van der Waals surface area (Å²) < 4.78 is 5.22. The lowest BCUT2D eigenvalue weighted by Crippen LogP contribution is -2.15. The fraction of sp³-hybridized carbons (Fsp3) is 0.118. The second-order valence-corrected chi connectivity index (χ2v) is 5.82. The van der Waals surface area contributed by atoms with Crippen molar-refractivity contribution in [2.75, 3.05) is 18.2 Å². The van der Waals surface area contributed by atoms with E-state index in [-0.39, 0.29) is 18.3 Å². The molecule has 1 amide bonds. The Kier molecular flexibility index (Phi) is 5.70. The summed E-state index contributed by atoms with van der Waals surface area (Å²) in [6, 6.07) is 10.1. The zero-order valence-corrected chi connectivity index (χ0v) is 14.5. The van der Waals surface area contributed by atoms with Gasteiger partial charge in [-0.05, 0) is 23.8 Å². The number of nitrogens with one attached hydrogen (secondary N) is 2. The molecule has 4 N–H and O–H groups in total. The van der Waals surface area contributed by atoms with E-state index >= 15 is 0 Å². The zero-order chi connectivity index (χ0) is 17.7. The molecule has 0 aromatic heterocycles. The number of para-hydroxylation sites is 1. The lowest BCUT2D eigenvalue weighted by Gasteiger charge is -2.12. The smallest absolute Gasteiger partial charge is 0.310 e. The molecule has 2 rings (SSSR count). The molecular weight excluding hydrogens is 374 g/mol. The lowest BCUT2D eigenvalue weighted by atomic mass is 10.1. The average Bonchev–Trinajstić information content (AvgIpc) is 2.56.